The molecular formula is C15H22N2. The fraction of sp³-hybridized carbons (Fsp3) is 0.600. The predicted octanol–water partition coefficient (Wildman–Crippen LogP) is 3.03. The lowest BCUT2D eigenvalue weighted by molar-refractivity contribution is 0.188. The third-order valence-electron chi connectivity index (χ3n) is 4.21. The molecule has 0 bridgehead atoms. The lowest BCUT2D eigenvalue weighted by atomic mass is 9.97. The smallest absolute Gasteiger partial charge is 0.0344 e. The molecule has 1 aromatic carbocycles. The van der Waals surface area contributed by atoms with Crippen molar-refractivity contribution < 1.29 is 0 Å². The first-order valence-corrected chi connectivity index (χ1v) is 6.88. The van der Waals surface area contributed by atoms with Gasteiger partial charge in [0.2, 0.25) is 0 Å². The average Bonchev–Trinajstić information content (AvgIpc) is 2.76. The van der Waals surface area contributed by atoms with Gasteiger partial charge in [0.15, 0.2) is 0 Å². The zero-order valence-corrected chi connectivity index (χ0v) is 10.7. The van der Waals surface area contributed by atoms with Gasteiger partial charge in [-0.2, -0.15) is 0 Å². The second kappa shape index (κ2) is 4.69. The maximum Gasteiger partial charge on any atom is 0.0344 e. The van der Waals surface area contributed by atoms with Gasteiger partial charge in [-0.05, 0) is 56.8 Å². The van der Waals surface area contributed by atoms with E-state index in [9.17, 15) is 0 Å². The van der Waals surface area contributed by atoms with Crippen LogP contribution in [0.1, 0.15) is 31.2 Å². The maximum absolute atomic E-state index is 3.71. The molecule has 2 saturated heterocycles. The molecule has 2 aliphatic heterocycles. The van der Waals surface area contributed by atoms with Gasteiger partial charge in [-0.15, -0.1) is 0 Å². The molecule has 1 N–H and O–H groups in total. The summed E-state index contributed by atoms with van der Waals surface area (Å²) in [6.07, 6.45) is 5.44. The zero-order valence-electron chi connectivity index (χ0n) is 10.7. The normalized spacial score (nSPS) is 29.0. The summed E-state index contributed by atoms with van der Waals surface area (Å²) < 4.78 is 0. The molecule has 0 saturated carbocycles. The lowest BCUT2D eigenvalue weighted by Crippen LogP contribution is -2.42. The van der Waals surface area contributed by atoms with Crippen LogP contribution in [0.3, 0.4) is 0 Å². The summed E-state index contributed by atoms with van der Waals surface area (Å²) in [6, 6.07) is 10.3. The van der Waals surface area contributed by atoms with E-state index < -0.39 is 0 Å². The first kappa shape index (κ1) is 11.1. The standard InChI is InChI=1S/C15H22N2/c1-12-4-2-5-13(10-12)16-14-7-9-17-8-3-6-15(17)11-14/h2,4-5,10,14-16H,3,6-9,11H2,1H3. The van der Waals surface area contributed by atoms with Crippen LogP contribution in [0.2, 0.25) is 0 Å². The van der Waals surface area contributed by atoms with Crippen LogP contribution in [0.4, 0.5) is 5.69 Å². The topological polar surface area (TPSA) is 15.3 Å². The van der Waals surface area contributed by atoms with Gasteiger partial charge in [-0.1, -0.05) is 12.1 Å². The summed E-state index contributed by atoms with van der Waals surface area (Å²) in [4.78, 5) is 2.68. The number of fused-ring (bicyclic) bond motifs is 1. The Morgan fingerprint density at radius 3 is 3.06 bits per heavy atom. The minimum atomic E-state index is 0.677. The van der Waals surface area contributed by atoms with Crippen LogP contribution >= 0.6 is 0 Å². The highest BCUT2D eigenvalue weighted by atomic mass is 15.2. The SMILES string of the molecule is Cc1cccc(NC2CCN3CCCC3C2)c1. The Bertz CT molecular complexity index is 388. The van der Waals surface area contributed by atoms with Gasteiger partial charge in [0.1, 0.15) is 0 Å². The van der Waals surface area contributed by atoms with Gasteiger partial charge >= 0.3 is 0 Å². The van der Waals surface area contributed by atoms with Crippen LogP contribution in [0.5, 0.6) is 0 Å². The van der Waals surface area contributed by atoms with Crippen LogP contribution in [0.25, 0.3) is 0 Å². The Labute approximate surface area is 104 Å². The van der Waals surface area contributed by atoms with Gasteiger partial charge in [0.05, 0.1) is 0 Å². The first-order valence-electron chi connectivity index (χ1n) is 6.88. The van der Waals surface area contributed by atoms with Gasteiger partial charge in [0, 0.05) is 24.3 Å². The summed E-state index contributed by atoms with van der Waals surface area (Å²) in [7, 11) is 0. The monoisotopic (exact) mass is 230 g/mol. The Morgan fingerprint density at radius 1 is 1.24 bits per heavy atom. The number of nitrogens with one attached hydrogen (secondary N) is 1. The summed E-state index contributed by atoms with van der Waals surface area (Å²) in [6.45, 7) is 4.78. The van der Waals surface area contributed by atoms with E-state index in [2.05, 4.69) is 41.4 Å². The van der Waals surface area contributed by atoms with E-state index in [1.807, 2.05) is 0 Å². The number of nitrogens with zero attached hydrogens (tertiary/aromatic N) is 1. The van der Waals surface area contributed by atoms with Crippen LogP contribution < -0.4 is 5.32 Å². The number of piperidine rings is 1. The number of hydrogen-bond donors (Lipinski definition) is 1. The van der Waals surface area contributed by atoms with Crippen molar-refractivity contribution in [2.45, 2.75) is 44.7 Å². The molecular weight excluding hydrogens is 208 g/mol. The van der Waals surface area contributed by atoms with Crippen LogP contribution in [-0.2, 0) is 0 Å². The van der Waals surface area contributed by atoms with Crippen molar-refractivity contribution in [1.29, 1.82) is 0 Å². The molecule has 2 heterocycles. The number of rotatable bonds is 2. The van der Waals surface area contributed by atoms with Crippen molar-refractivity contribution in [3.8, 4) is 0 Å². The van der Waals surface area contributed by atoms with Gasteiger partial charge in [-0.3, -0.25) is 0 Å². The van der Waals surface area contributed by atoms with Crippen molar-refractivity contribution >= 4 is 5.69 Å². The molecule has 0 radical (unpaired) electrons. The maximum atomic E-state index is 3.71. The highest BCUT2D eigenvalue weighted by molar-refractivity contribution is 5.46. The molecule has 2 atom stereocenters. The van der Waals surface area contributed by atoms with Crippen molar-refractivity contribution in [2.24, 2.45) is 0 Å². The Hall–Kier alpha value is -1.02. The van der Waals surface area contributed by atoms with Gasteiger partial charge < -0.3 is 10.2 Å². The quantitative estimate of drug-likeness (QED) is 0.840. The van der Waals surface area contributed by atoms with E-state index in [-0.39, 0.29) is 0 Å². The van der Waals surface area contributed by atoms with Gasteiger partial charge in [0.25, 0.3) is 0 Å². The molecule has 3 rings (SSSR count). The molecule has 92 valence electrons. The second-order valence-electron chi connectivity index (χ2n) is 5.57. The van der Waals surface area contributed by atoms with Crippen LogP contribution in [0, 0.1) is 6.92 Å². The fourth-order valence-electron chi connectivity index (χ4n) is 3.33. The molecule has 2 aliphatic rings. The largest absolute Gasteiger partial charge is 0.382 e. The first-order chi connectivity index (χ1) is 8.31. The Morgan fingerprint density at radius 2 is 2.18 bits per heavy atom. The number of hydrogen-bond acceptors (Lipinski definition) is 2. The van der Waals surface area contributed by atoms with E-state index in [1.54, 1.807) is 0 Å². The predicted molar refractivity (Wildman–Crippen MR) is 72.4 cm³/mol. The summed E-state index contributed by atoms with van der Waals surface area (Å²) in [5, 5.41) is 3.71. The van der Waals surface area contributed by atoms with Crippen LogP contribution in [-0.4, -0.2) is 30.1 Å². The third-order valence-corrected chi connectivity index (χ3v) is 4.21. The molecule has 0 aliphatic carbocycles. The molecule has 2 nitrogen and oxygen atoms in total. The number of aryl methyl sites for hydroxylation is 1. The summed E-state index contributed by atoms with van der Waals surface area (Å²) in [5.41, 5.74) is 2.63. The molecule has 0 spiro atoms. The molecule has 2 heteroatoms. The minimum Gasteiger partial charge on any atom is -0.382 e. The van der Waals surface area contributed by atoms with E-state index in [1.165, 1.54) is 50.0 Å². The highest BCUT2D eigenvalue weighted by Crippen LogP contribution is 2.28. The van der Waals surface area contributed by atoms with Crippen molar-refractivity contribution in [1.82, 2.24) is 4.90 Å². The van der Waals surface area contributed by atoms with E-state index in [0.29, 0.717) is 6.04 Å². The Kier molecular flexibility index (Phi) is 3.06. The zero-order chi connectivity index (χ0) is 11.7. The van der Waals surface area contributed by atoms with Crippen molar-refractivity contribution in [2.75, 3.05) is 18.4 Å². The second-order valence-corrected chi connectivity index (χ2v) is 5.57. The van der Waals surface area contributed by atoms with E-state index >= 15 is 0 Å². The summed E-state index contributed by atoms with van der Waals surface area (Å²) >= 11 is 0. The molecule has 2 fully saturated rings. The Balaban J connectivity index is 1.62. The van der Waals surface area contributed by atoms with E-state index in [4.69, 9.17) is 0 Å². The lowest BCUT2D eigenvalue weighted by Gasteiger charge is -2.35. The minimum absolute atomic E-state index is 0.677. The number of benzene rings is 1. The summed E-state index contributed by atoms with van der Waals surface area (Å²) in [5.74, 6) is 0. The molecule has 17 heavy (non-hydrogen) atoms. The molecule has 2 unspecified atom stereocenters. The molecule has 0 amide bonds. The highest BCUT2D eigenvalue weighted by Gasteiger charge is 2.31. The average molecular weight is 230 g/mol. The number of anilines is 1. The molecule has 0 aromatic heterocycles. The molecule has 1 aromatic rings. The van der Waals surface area contributed by atoms with Crippen molar-refractivity contribution in [3.63, 3.8) is 0 Å². The third kappa shape index (κ3) is 2.47. The van der Waals surface area contributed by atoms with Crippen LogP contribution in [0.15, 0.2) is 24.3 Å². The fourth-order valence-corrected chi connectivity index (χ4v) is 3.33. The van der Waals surface area contributed by atoms with E-state index in [0.717, 1.165) is 6.04 Å². The van der Waals surface area contributed by atoms with Crippen molar-refractivity contribution in [3.05, 3.63) is 29.8 Å². The van der Waals surface area contributed by atoms with Gasteiger partial charge in [-0.25, -0.2) is 0 Å².